The highest BCUT2D eigenvalue weighted by Gasteiger charge is 2.33. The molecule has 0 saturated carbocycles. The summed E-state index contributed by atoms with van der Waals surface area (Å²) >= 11 is 0. The molecule has 2 amide bonds. The van der Waals surface area contributed by atoms with E-state index in [-0.39, 0.29) is 28.9 Å². The summed E-state index contributed by atoms with van der Waals surface area (Å²) < 4.78 is 47.5. The number of sulfonamides is 1. The maximum absolute atomic E-state index is 13.8. The Kier molecular flexibility index (Phi) is 9.46. The second-order valence-corrected chi connectivity index (χ2v) is 10.8. The zero-order valence-corrected chi connectivity index (χ0v) is 22.6. The molecule has 0 radical (unpaired) electrons. The van der Waals surface area contributed by atoms with Crippen molar-refractivity contribution in [2.45, 2.75) is 44.3 Å². The molecule has 0 aliphatic heterocycles. The van der Waals surface area contributed by atoms with E-state index in [1.165, 1.54) is 48.4 Å². The van der Waals surface area contributed by atoms with Crippen molar-refractivity contribution < 1.29 is 27.1 Å². The van der Waals surface area contributed by atoms with Gasteiger partial charge < -0.3 is 15.0 Å². The summed E-state index contributed by atoms with van der Waals surface area (Å²) in [5.41, 5.74) is 0.756. The number of halogens is 1. The van der Waals surface area contributed by atoms with Gasteiger partial charge in [-0.15, -0.1) is 0 Å². The Morgan fingerprint density at radius 3 is 2.13 bits per heavy atom. The highest BCUT2D eigenvalue weighted by Crippen LogP contribution is 2.32. The number of hydrogen-bond acceptors (Lipinski definition) is 5. The summed E-state index contributed by atoms with van der Waals surface area (Å²) in [6, 6.07) is 18.7. The molecule has 202 valence electrons. The monoisotopic (exact) mass is 541 g/mol. The van der Waals surface area contributed by atoms with E-state index in [0.29, 0.717) is 5.56 Å². The zero-order valence-electron chi connectivity index (χ0n) is 21.8. The first-order valence-corrected chi connectivity index (χ1v) is 13.5. The molecule has 0 aliphatic rings. The Labute approximate surface area is 223 Å². The lowest BCUT2D eigenvalue weighted by atomic mass is 10.1. The van der Waals surface area contributed by atoms with E-state index in [4.69, 9.17) is 4.74 Å². The molecular formula is C28H32FN3O5S. The average molecular weight is 542 g/mol. The third kappa shape index (κ3) is 6.89. The third-order valence-electron chi connectivity index (χ3n) is 5.83. The van der Waals surface area contributed by atoms with E-state index in [1.54, 1.807) is 63.2 Å². The predicted molar refractivity (Wildman–Crippen MR) is 144 cm³/mol. The Morgan fingerprint density at radius 1 is 0.921 bits per heavy atom. The molecule has 38 heavy (non-hydrogen) atoms. The van der Waals surface area contributed by atoms with Crippen LogP contribution in [0.15, 0.2) is 83.8 Å². The van der Waals surface area contributed by atoms with Crippen LogP contribution in [0.4, 0.5) is 10.1 Å². The van der Waals surface area contributed by atoms with Gasteiger partial charge in [-0.05, 0) is 62.7 Å². The molecule has 10 heteroatoms. The summed E-state index contributed by atoms with van der Waals surface area (Å²) in [7, 11) is -2.79. The number of methoxy groups -OCH3 is 1. The van der Waals surface area contributed by atoms with Gasteiger partial charge in [0.05, 0.1) is 17.7 Å². The summed E-state index contributed by atoms with van der Waals surface area (Å²) in [4.78, 5) is 28.0. The molecule has 0 saturated heterocycles. The van der Waals surface area contributed by atoms with Gasteiger partial charge in [0.15, 0.2) is 0 Å². The Balaban J connectivity index is 2.05. The molecule has 0 heterocycles. The van der Waals surface area contributed by atoms with Crippen LogP contribution in [0.2, 0.25) is 0 Å². The number of amides is 2. The number of hydrogen-bond donors (Lipinski definition) is 1. The van der Waals surface area contributed by atoms with E-state index in [1.807, 2.05) is 0 Å². The maximum Gasteiger partial charge on any atom is 0.264 e. The van der Waals surface area contributed by atoms with Crippen LogP contribution in [0, 0.1) is 5.82 Å². The molecule has 0 bridgehead atoms. The van der Waals surface area contributed by atoms with Crippen molar-refractivity contribution >= 4 is 27.5 Å². The molecule has 1 N–H and O–H groups in total. The van der Waals surface area contributed by atoms with Crippen LogP contribution in [-0.4, -0.2) is 50.9 Å². The van der Waals surface area contributed by atoms with E-state index < -0.39 is 40.2 Å². The maximum atomic E-state index is 13.8. The first-order chi connectivity index (χ1) is 18.0. The van der Waals surface area contributed by atoms with Gasteiger partial charge in [0, 0.05) is 12.6 Å². The normalized spacial score (nSPS) is 12.1. The molecule has 0 aromatic heterocycles. The van der Waals surface area contributed by atoms with Crippen molar-refractivity contribution in [3.63, 3.8) is 0 Å². The van der Waals surface area contributed by atoms with Gasteiger partial charge in [-0.3, -0.25) is 13.9 Å². The largest absolute Gasteiger partial charge is 0.495 e. The Morgan fingerprint density at radius 2 is 1.53 bits per heavy atom. The number of rotatable bonds is 11. The van der Waals surface area contributed by atoms with Crippen LogP contribution >= 0.6 is 0 Å². The minimum Gasteiger partial charge on any atom is -0.495 e. The van der Waals surface area contributed by atoms with Crippen LogP contribution in [0.5, 0.6) is 5.75 Å². The smallest absolute Gasteiger partial charge is 0.264 e. The van der Waals surface area contributed by atoms with Gasteiger partial charge >= 0.3 is 0 Å². The lowest BCUT2D eigenvalue weighted by molar-refractivity contribution is -0.139. The molecule has 0 fully saturated rings. The molecule has 0 spiro atoms. The number of nitrogens with zero attached hydrogens (tertiary/aromatic N) is 2. The van der Waals surface area contributed by atoms with Gasteiger partial charge in [0.2, 0.25) is 11.8 Å². The molecule has 1 atom stereocenters. The summed E-state index contributed by atoms with van der Waals surface area (Å²) in [5.74, 6) is -1.19. The van der Waals surface area contributed by atoms with Gasteiger partial charge in [-0.2, -0.15) is 0 Å². The molecule has 8 nitrogen and oxygen atoms in total. The zero-order chi connectivity index (χ0) is 27.9. The highest BCUT2D eigenvalue weighted by molar-refractivity contribution is 7.92. The molecule has 1 unspecified atom stereocenters. The number of carbonyl (C=O) groups excluding carboxylic acids is 2. The topological polar surface area (TPSA) is 96.0 Å². The van der Waals surface area contributed by atoms with Gasteiger partial charge in [-0.1, -0.05) is 42.5 Å². The number of anilines is 1. The summed E-state index contributed by atoms with van der Waals surface area (Å²) in [6.07, 6.45) is 0. The fourth-order valence-electron chi connectivity index (χ4n) is 3.84. The van der Waals surface area contributed by atoms with E-state index >= 15 is 0 Å². The third-order valence-corrected chi connectivity index (χ3v) is 7.60. The van der Waals surface area contributed by atoms with Crippen LogP contribution < -0.4 is 14.4 Å². The van der Waals surface area contributed by atoms with Crippen molar-refractivity contribution in [1.29, 1.82) is 0 Å². The standard InChI is InChI=1S/C28H32FN3O5S/c1-20(2)30-28(34)21(3)31(18-22-14-16-23(29)17-15-22)27(33)19-32(25-12-8-9-13-26(25)37-4)38(35,36)24-10-6-5-7-11-24/h5-17,20-21H,18-19H2,1-4H3,(H,30,34). The van der Waals surface area contributed by atoms with Gasteiger partial charge in [-0.25, -0.2) is 12.8 Å². The quantitative estimate of drug-likeness (QED) is 0.396. The molecule has 3 rings (SSSR count). The molecule has 3 aromatic carbocycles. The van der Waals surface area contributed by atoms with Gasteiger partial charge in [0.25, 0.3) is 10.0 Å². The van der Waals surface area contributed by atoms with E-state index in [9.17, 15) is 22.4 Å². The Bertz CT molecular complexity index is 1350. The first kappa shape index (κ1) is 28.6. The lowest BCUT2D eigenvalue weighted by Gasteiger charge is -2.32. The van der Waals surface area contributed by atoms with E-state index in [2.05, 4.69) is 5.32 Å². The van der Waals surface area contributed by atoms with Crippen molar-refractivity contribution in [2.24, 2.45) is 0 Å². The Hall–Kier alpha value is -3.92. The minimum absolute atomic E-state index is 0.00519. The summed E-state index contributed by atoms with van der Waals surface area (Å²) in [6.45, 7) is 4.53. The number of nitrogens with one attached hydrogen (secondary N) is 1. The summed E-state index contributed by atoms with van der Waals surface area (Å²) in [5, 5.41) is 2.79. The first-order valence-electron chi connectivity index (χ1n) is 12.1. The van der Waals surface area contributed by atoms with Crippen molar-refractivity contribution in [3.05, 3.63) is 90.2 Å². The van der Waals surface area contributed by atoms with Crippen LogP contribution in [0.3, 0.4) is 0 Å². The number of benzene rings is 3. The lowest BCUT2D eigenvalue weighted by Crippen LogP contribution is -2.52. The fourth-order valence-corrected chi connectivity index (χ4v) is 5.29. The van der Waals surface area contributed by atoms with Crippen LogP contribution in [0.25, 0.3) is 0 Å². The SMILES string of the molecule is COc1ccccc1N(CC(=O)N(Cc1ccc(F)cc1)C(C)C(=O)NC(C)C)S(=O)(=O)c1ccccc1. The van der Waals surface area contributed by atoms with Crippen molar-refractivity contribution in [1.82, 2.24) is 10.2 Å². The van der Waals surface area contributed by atoms with Crippen LogP contribution in [-0.2, 0) is 26.2 Å². The number of ether oxygens (including phenoxy) is 1. The highest BCUT2D eigenvalue weighted by atomic mass is 32.2. The average Bonchev–Trinajstić information content (AvgIpc) is 2.90. The number of carbonyl (C=O) groups is 2. The number of para-hydroxylation sites is 2. The second kappa shape index (κ2) is 12.6. The van der Waals surface area contributed by atoms with Crippen molar-refractivity contribution in [2.75, 3.05) is 18.0 Å². The van der Waals surface area contributed by atoms with Gasteiger partial charge in [0.1, 0.15) is 24.2 Å². The fraction of sp³-hybridized carbons (Fsp3) is 0.286. The minimum atomic E-state index is -4.20. The molecule has 0 aliphatic carbocycles. The van der Waals surface area contributed by atoms with Crippen molar-refractivity contribution in [3.8, 4) is 5.75 Å². The molecule has 3 aromatic rings. The van der Waals surface area contributed by atoms with E-state index in [0.717, 1.165) is 4.31 Å². The second-order valence-electron chi connectivity index (χ2n) is 8.98. The predicted octanol–water partition coefficient (Wildman–Crippen LogP) is 3.97. The van der Waals surface area contributed by atoms with Crippen LogP contribution in [0.1, 0.15) is 26.3 Å². The molecular weight excluding hydrogens is 509 g/mol.